The van der Waals surface area contributed by atoms with Crippen LogP contribution in [-0.4, -0.2) is 49.7 Å². The molecule has 22 heavy (non-hydrogen) atoms. The van der Waals surface area contributed by atoms with Gasteiger partial charge in [0.25, 0.3) is 5.69 Å². The lowest BCUT2D eigenvalue weighted by Gasteiger charge is -2.22. The van der Waals surface area contributed by atoms with Crippen LogP contribution in [-0.2, 0) is 14.3 Å². The Morgan fingerprint density at radius 1 is 1.45 bits per heavy atom. The number of nitro benzene ring substituents is 1. The highest BCUT2D eigenvalue weighted by atomic mass is 16.6. The SMILES string of the molecule is COC(=O)c1cc(NC(=O)C2COCCN2)cc([N+](=O)[O-])c1. The van der Waals surface area contributed by atoms with Gasteiger partial charge in [0.05, 0.1) is 30.8 Å². The van der Waals surface area contributed by atoms with Crippen LogP contribution in [0.4, 0.5) is 11.4 Å². The van der Waals surface area contributed by atoms with Gasteiger partial charge in [-0.1, -0.05) is 0 Å². The molecule has 1 aromatic carbocycles. The van der Waals surface area contributed by atoms with E-state index in [0.29, 0.717) is 13.2 Å². The highest BCUT2D eigenvalue weighted by molar-refractivity contribution is 5.97. The first-order valence-electron chi connectivity index (χ1n) is 6.51. The predicted molar refractivity (Wildman–Crippen MR) is 75.7 cm³/mol. The molecule has 2 rings (SSSR count). The third-order valence-electron chi connectivity index (χ3n) is 3.06. The quantitative estimate of drug-likeness (QED) is 0.466. The van der Waals surface area contributed by atoms with Gasteiger partial charge in [-0.25, -0.2) is 4.79 Å². The van der Waals surface area contributed by atoms with Crippen molar-refractivity contribution in [2.45, 2.75) is 6.04 Å². The number of ether oxygens (including phenoxy) is 2. The minimum absolute atomic E-state index is 0.0140. The van der Waals surface area contributed by atoms with E-state index >= 15 is 0 Å². The summed E-state index contributed by atoms with van der Waals surface area (Å²) < 4.78 is 9.72. The van der Waals surface area contributed by atoms with Gasteiger partial charge in [-0.2, -0.15) is 0 Å². The van der Waals surface area contributed by atoms with Gasteiger partial charge in [0.2, 0.25) is 5.91 Å². The summed E-state index contributed by atoms with van der Waals surface area (Å²) in [6.45, 7) is 1.28. The average molecular weight is 309 g/mol. The molecule has 1 atom stereocenters. The summed E-state index contributed by atoms with van der Waals surface area (Å²) in [5, 5.41) is 16.4. The molecule has 0 aromatic heterocycles. The average Bonchev–Trinajstić information content (AvgIpc) is 2.54. The van der Waals surface area contributed by atoms with Crippen molar-refractivity contribution in [3.63, 3.8) is 0 Å². The van der Waals surface area contributed by atoms with E-state index in [2.05, 4.69) is 15.4 Å². The number of hydrogen-bond acceptors (Lipinski definition) is 7. The molecule has 1 aliphatic rings. The minimum Gasteiger partial charge on any atom is -0.465 e. The van der Waals surface area contributed by atoms with E-state index in [0.717, 1.165) is 6.07 Å². The number of nitrogens with zero attached hydrogens (tertiary/aromatic N) is 1. The molecule has 9 nitrogen and oxygen atoms in total. The number of methoxy groups -OCH3 is 1. The number of amides is 1. The Hall–Kier alpha value is -2.52. The predicted octanol–water partition coefficient (Wildman–Crippen LogP) is 0.308. The highest BCUT2D eigenvalue weighted by Gasteiger charge is 2.22. The van der Waals surface area contributed by atoms with Gasteiger partial charge in [0, 0.05) is 24.4 Å². The smallest absolute Gasteiger partial charge is 0.338 e. The largest absolute Gasteiger partial charge is 0.465 e. The summed E-state index contributed by atoms with van der Waals surface area (Å²) in [6.07, 6.45) is 0. The van der Waals surface area contributed by atoms with Crippen LogP contribution in [0.5, 0.6) is 0 Å². The summed E-state index contributed by atoms with van der Waals surface area (Å²) in [6, 6.07) is 3.03. The monoisotopic (exact) mass is 309 g/mol. The second kappa shape index (κ2) is 6.96. The van der Waals surface area contributed by atoms with Crippen LogP contribution in [0, 0.1) is 10.1 Å². The number of benzene rings is 1. The molecule has 0 spiro atoms. The number of nitrogens with one attached hydrogen (secondary N) is 2. The number of morpholine rings is 1. The Labute approximate surface area is 125 Å². The zero-order valence-corrected chi connectivity index (χ0v) is 11.8. The molecule has 0 radical (unpaired) electrons. The first-order chi connectivity index (χ1) is 10.5. The van der Waals surface area contributed by atoms with Crippen LogP contribution in [0.25, 0.3) is 0 Å². The molecule has 2 N–H and O–H groups in total. The summed E-state index contributed by atoms with van der Waals surface area (Å²) in [5.41, 5.74) is -0.183. The fraction of sp³-hybridized carbons (Fsp3) is 0.385. The van der Waals surface area contributed by atoms with Gasteiger partial charge < -0.3 is 20.1 Å². The Morgan fingerprint density at radius 3 is 2.82 bits per heavy atom. The van der Waals surface area contributed by atoms with Crippen molar-refractivity contribution >= 4 is 23.3 Å². The third-order valence-corrected chi connectivity index (χ3v) is 3.06. The van der Waals surface area contributed by atoms with E-state index in [9.17, 15) is 19.7 Å². The molecule has 1 aromatic rings. The van der Waals surface area contributed by atoms with Crippen LogP contribution < -0.4 is 10.6 Å². The van der Waals surface area contributed by atoms with Gasteiger partial charge in [-0.3, -0.25) is 14.9 Å². The van der Waals surface area contributed by atoms with Crippen molar-refractivity contribution in [1.82, 2.24) is 5.32 Å². The van der Waals surface area contributed by atoms with Crippen molar-refractivity contribution in [2.24, 2.45) is 0 Å². The van der Waals surface area contributed by atoms with Crippen LogP contribution in [0.1, 0.15) is 10.4 Å². The van der Waals surface area contributed by atoms with Crippen molar-refractivity contribution < 1.29 is 24.0 Å². The maximum absolute atomic E-state index is 12.1. The van der Waals surface area contributed by atoms with E-state index in [1.165, 1.54) is 19.2 Å². The molecule has 0 aliphatic carbocycles. The van der Waals surface area contributed by atoms with Crippen molar-refractivity contribution in [3.8, 4) is 0 Å². The molecule has 1 unspecified atom stereocenters. The standard InChI is InChI=1S/C13H15N3O6/c1-21-13(18)8-4-9(6-10(5-8)16(19)20)15-12(17)11-7-22-3-2-14-11/h4-6,11,14H,2-3,7H2,1H3,(H,15,17). The fourth-order valence-corrected chi connectivity index (χ4v) is 1.99. The van der Waals surface area contributed by atoms with Crippen LogP contribution in [0.3, 0.4) is 0 Å². The summed E-state index contributed by atoms with van der Waals surface area (Å²) in [7, 11) is 1.17. The second-order valence-corrected chi connectivity index (χ2v) is 4.59. The van der Waals surface area contributed by atoms with Gasteiger partial charge in [0.15, 0.2) is 0 Å². The first kappa shape index (κ1) is 15.9. The van der Waals surface area contributed by atoms with Crippen molar-refractivity contribution in [2.75, 3.05) is 32.2 Å². The molecule has 1 amide bonds. The molecular formula is C13H15N3O6. The zero-order valence-electron chi connectivity index (χ0n) is 11.8. The molecule has 1 heterocycles. The van der Waals surface area contributed by atoms with Crippen molar-refractivity contribution in [1.29, 1.82) is 0 Å². The lowest BCUT2D eigenvalue weighted by Crippen LogP contribution is -2.48. The molecule has 118 valence electrons. The number of non-ortho nitro benzene ring substituents is 1. The number of rotatable bonds is 4. The van der Waals surface area contributed by atoms with Gasteiger partial charge in [-0.05, 0) is 6.07 Å². The fourth-order valence-electron chi connectivity index (χ4n) is 1.99. The number of esters is 1. The Balaban J connectivity index is 2.21. The lowest BCUT2D eigenvalue weighted by molar-refractivity contribution is -0.384. The second-order valence-electron chi connectivity index (χ2n) is 4.59. The van der Waals surface area contributed by atoms with E-state index in [-0.39, 0.29) is 23.5 Å². The molecule has 1 aliphatic heterocycles. The van der Waals surface area contributed by atoms with E-state index in [1.807, 2.05) is 0 Å². The molecule has 0 bridgehead atoms. The van der Waals surface area contributed by atoms with E-state index < -0.39 is 22.8 Å². The Morgan fingerprint density at radius 2 is 2.23 bits per heavy atom. The normalized spacial score (nSPS) is 17.6. The van der Waals surface area contributed by atoms with Gasteiger partial charge in [0.1, 0.15) is 6.04 Å². The minimum atomic E-state index is -0.724. The topological polar surface area (TPSA) is 120 Å². The first-order valence-corrected chi connectivity index (χ1v) is 6.51. The molecule has 1 fully saturated rings. The summed E-state index contributed by atoms with van der Waals surface area (Å²) in [5.74, 6) is -1.12. The van der Waals surface area contributed by atoms with Crippen LogP contribution in [0.15, 0.2) is 18.2 Å². The van der Waals surface area contributed by atoms with Crippen LogP contribution in [0.2, 0.25) is 0 Å². The molecule has 0 saturated carbocycles. The van der Waals surface area contributed by atoms with Gasteiger partial charge in [-0.15, -0.1) is 0 Å². The van der Waals surface area contributed by atoms with Gasteiger partial charge >= 0.3 is 5.97 Å². The Bertz CT molecular complexity index is 597. The number of hydrogen-bond donors (Lipinski definition) is 2. The number of anilines is 1. The number of carbonyl (C=O) groups is 2. The molecule has 1 saturated heterocycles. The lowest BCUT2D eigenvalue weighted by atomic mass is 10.1. The van der Waals surface area contributed by atoms with Crippen LogP contribution >= 0.6 is 0 Å². The summed E-state index contributed by atoms with van der Waals surface area (Å²) in [4.78, 5) is 33.9. The maximum Gasteiger partial charge on any atom is 0.338 e. The zero-order chi connectivity index (χ0) is 16.1. The van der Waals surface area contributed by atoms with Crippen molar-refractivity contribution in [3.05, 3.63) is 33.9 Å². The Kier molecular flexibility index (Phi) is 5.02. The summed E-state index contributed by atoms with van der Waals surface area (Å²) >= 11 is 0. The molecule has 9 heteroatoms. The maximum atomic E-state index is 12.1. The van der Waals surface area contributed by atoms with E-state index in [4.69, 9.17) is 4.74 Å². The number of carbonyl (C=O) groups excluding carboxylic acids is 2. The number of nitro groups is 1. The third kappa shape index (κ3) is 3.77. The highest BCUT2D eigenvalue weighted by Crippen LogP contribution is 2.22. The molecular weight excluding hydrogens is 294 g/mol. The van der Waals surface area contributed by atoms with E-state index in [1.54, 1.807) is 0 Å².